The molecule has 0 aliphatic carbocycles. The zero-order chi connectivity index (χ0) is 59.9. The molecule has 2 amide bonds. The van der Waals surface area contributed by atoms with E-state index in [-0.39, 0.29) is 11.8 Å². The molecule has 0 saturated heterocycles. The average molecular weight is 1190 g/mol. The average Bonchev–Trinajstić information content (AvgIpc) is 1.89. The van der Waals surface area contributed by atoms with E-state index >= 15 is 9.59 Å². The molecule has 2 aliphatic rings. The van der Waals surface area contributed by atoms with Crippen LogP contribution in [0.4, 0.5) is 11.4 Å². The Bertz CT molecular complexity index is 2850. The third-order valence-corrected chi connectivity index (χ3v) is 21.4. The largest absolute Gasteiger partial charge is 0.307 e. The highest BCUT2D eigenvalue weighted by Crippen LogP contribution is 2.39. The quantitative estimate of drug-likeness (QED) is 0.0364. The van der Waals surface area contributed by atoms with Gasteiger partial charge in [-0.05, 0) is 110 Å². The minimum atomic E-state index is 0.140. The maximum atomic E-state index is 15.9. The van der Waals surface area contributed by atoms with E-state index in [2.05, 4.69) is 124 Å². The molecular weight excluding hydrogens is 1070 g/mol. The number of aryl methyl sites for hydroxylation is 2. The van der Waals surface area contributed by atoms with Crippen molar-refractivity contribution in [3.63, 3.8) is 0 Å². The predicted molar refractivity (Wildman–Crippen MR) is 375 cm³/mol. The molecule has 4 nitrogen and oxygen atoms in total. The smallest absolute Gasteiger partial charge is 0.260 e. The fraction of sp³-hybridized carbons (Fsp3) is 0.646. The second-order valence-corrected chi connectivity index (χ2v) is 29.0. The molecule has 5 aromatic rings. The molecule has 4 heterocycles. The van der Waals surface area contributed by atoms with E-state index < -0.39 is 0 Å². The van der Waals surface area contributed by atoms with Crippen molar-refractivity contribution in [1.29, 1.82) is 0 Å². The van der Waals surface area contributed by atoms with Crippen LogP contribution in [0.25, 0.3) is 32.4 Å². The maximum Gasteiger partial charge on any atom is 0.260 e. The number of nitrogens with zero attached hydrogens (tertiary/aromatic N) is 2. The summed E-state index contributed by atoms with van der Waals surface area (Å²) in [6, 6.07) is 27.0. The minimum Gasteiger partial charge on any atom is -0.307 e. The van der Waals surface area contributed by atoms with E-state index in [0.29, 0.717) is 11.8 Å². The molecule has 6 heteroatoms. The van der Waals surface area contributed by atoms with Crippen LogP contribution < -0.4 is 20.2 Å². The van der Waals surface area contributed by atoms with E-state index in [0.717, 1.165) is 68.6 Å². The third-order valence-electron chi connectivity index (χ3n) is 19.3. The van der Waals surface area contributed by atoms with E-state index in [1.807, 2.05) is 0 Å². The first kappa shape index (κ1) is 68.5. The van der Waals surface area contributed by atoms with Crippen molar-refractivity contribution in [2.24, 2.45) is 11.8 Å². The van der Waals surface area contributed by atoms with Gasteiger partial charge in [-0.2, -0.15) is 0 Å². The van der Waals surface area contributed by atoms with Crippen molar-refractivity contribution in [3.05, 3.63) is 103 Å². The SMILES string of the molecule is CCCCCCCCCCCCC(CCCCCCCCCC)CN1C(=O)C(c2ccc(C)s2)=c2cc3c(cc21)=C(c1ccc(-c2ccc4cc(C)ccc4c2)s1)C(=O)N3CC(CCCCCCCCCCC)CCCCCCCCCCCC. The summed E-state index contributed by atoms with van der Waals surface area (Å²) in [6.07, 6.45) is 53.8. The fourth-order valence-corrected chi connectivity index (χ4v) is 16.0. The first-order valence-electron chi connectivity index (χ1n) is 36.0. The number of rotatable bonds is 48. The van der Waals surface area contributed by atoms with Gasteiger partial charge in [0.15, 0.2) is 0 Å². The van der Waals surface area contributed by atoms with Crippen molar-refractivity contribution < 1.29 is 9.59 Å². The van der Waals surface area contributed by atoms with Crippen LogP contribution in [0, 0.1) is 25.7 Å². The normalized spacial score (nSPS) is 14.0. The van der Waals surface area contributed by atoms with Crippen LogP contribution in [0.3, 0.4) is 0 Å². The van der Waals surface area contributed by atoms with Gasteiger partial charge in [0, 0.05) is 43.0 Å². The number of hydrogen-bond acceptors (Lipinski definition) is 4. The van der Waals surface area contributed by atoms with Gasteiger partial charge in [0.05, 0.1) is 22.5 Å². The summed E-state index contributed by atoms with van der Waals surface area (Å²) in [5.74, 6) is 1.15. The molecule has 0 bridgehead atoms. The lowest BCUT2D eigenvalue weighted by atomic mass is 9.93. The number of amides is 2. The van der Waals surface area contributed by atoms with Crippen molar-refractivity contribution in [2.45, 2.75) is 305 Å². The topological polar surface area (TPSA) is 40.6 Å². The number of thiophene rings is 2. The van der Waals surface area contributed by atoms with Crippen LogP contribution in [0.5, 0.6) is 0 Å². The summed E-state index contributed by atoms with van der Waals surface area (Å²) in [6.45, 7) is 15.0. The van der Waals surface area contributed by atoms with E-state index in [9.17, 15) is 0 Å². The zero-order valence-electron chi connectivity index (χ0n) is 55.0. The molecule has 468 valence electrons. The lowest BCUT2D eigenvalue weighted by Gasteiger charge is -2.27. The Labute approximate surface area is 527 Å². The third kappa shape index (κ3) is 21.9. The lowest BCUT2D eigenvalue weighted by Crippen LogP contribution is -2.35. The first-order valence-corrected chi connectivity index (χ1v) is 37.6. The van der Waals surface area contributed by atoms with Gasteiger partial charge in [-0.25, -0.2) is 0 Å². The fourth-order valence-electron chi connectivity index (χ4n) is 14.0. The highest BCUT2D eigenvalue weighted by atomic mass is 32.1. The Morgan fingerprint density at radius 3 is 1.05 bits per heavy atom. The molecular formula is C79H118N2O2S2. The summed E-state index contributed by atoms with van der Waals surface area (Å²) >= 11 is 3.50. The lowest BCUT2D eigenvalue weighted by molar-refractivity contribution is -0.114. The Morgan fingerprint density at radius 1 is 0.341 bits per heavy atom. The number of anilines is 2. The molecule has 7 rings (SSSR count). The summed E-state index contributed by atoms with van der Waals surface area (Å²) in [7, 11) is 0. The molecule has 0 spiro atoms. The van der Waals surface area contributed by atoms with E-state index in [1.54, 1.807) is 22.7 Å². The molecule has 2 atom stereocenters. The summed E-state index contributed by atoms with van der Waals surface area (Å²) in [5.41, 5.74) is 6.14. The highest BCUT2D eigenvalue weighted by Gasteiger charge is 2.38. The number of benzene rings is 3. The van der Waals surface area contributed by atoms with E-state index in [4.69, 9.17) is 0 Å². The van der Waals surface area contributed by atoms with Crippen molar-refractivity contribution >= 4 is 67.8 Å². The summed E-state index contributed by atoms with van der Waals surface area (Å²) < 4.78 is 0. The van der Waals surface area contributed by atoms with Gasteiger partial charge in [0.25, 0.3) is 11.8 Å². The Hall–Kier alpha value is -4.00. The standard InChI is InChI=1S/C79H118N2O2S2/c1-7-11-15-19-23-27-30-34-38-42-45-64(44-40-36-32-26-22-18-14-10-4)60-80-71-59-70-72(58-69(71)76(78(80)82)74-53-49-63(6)84-74)81(79(83)77(70)75-55-54-73(85-75)68-52-51-66-56-62(5)48-50-67(66)57-68)61-65(46-41-37-33-29-25-21-17-13-9-3)47-43-39-35-31-28-24-20-16-12-8-2/h48-59,64-65H,7-47,60-61H2,1-6H3. The van der Waals surface area contributed by atoms with Crippen LogP contribution in [0.15, 0.2) is 72.8 Å². The van der Waals surface area contributed by atoms with Crippen molar-refractivity contribution in [3.8, 4) is 10.4 Å². The van der Waals surface area contributed by atoms with Crippen LogP contribution in [-0.4, -0.2) is 24.9 Å². The van der Waals surface area contributed by atoms with Crippen molar-refractivity contribution in [1.82, 2.24) is 0 Å². The number of hydrogen-bond donors (Lipinski definition) is 0. The predicted octanol–water partition coefficient (Wildman–Crippen LogP) is 23.6. The molecule has 2 aliphatic heterocycles. The van der Waals surface area contributed by atoms with Gasteiger partial charge in [0.2, 0.25) is 0 Å². The number of unbranched alkanes of at least 4 members (excludes halogenated alkanes) is 33. The number of carbonyl (C=O) groups is 2. The van der Waals surface area contributed by atoms with E-state index in [1.165, 1.54) is 282 Å². The molecule has 3 aromatic carbocycles. The Balaban J connectivity index is 1.21. The van der Waals surface area contributed by atoms with Crippen LogP contribution in [0.2, 0.25) is 0 Å². The second-order valence-electron chi connectivity index (χ2n) is 26.7. The van der Waals surface area contributed by atoms with Crippen LogP contribution in [-0.2, 0) is 9.59 Å². The Morgan fingerprint density at radius 2 is 0.671 bits per heavy atom. The monoisotopic (exact) mass is 1190 g/mol. The first-order chi connectivity index (χ1) is 41.7. The molecule has 0 radical (unpaired) electrons. The number of carbonyl (C=O) groups excluding carboxylic acids is 2. The van der Waals surface area contributed by atoms with Gasteiger partial charge >= 0.3 is 0 Å². The molecule has 0 N–H and O–H groups in total. The summed E-state index contributed by atoms with van der Waals surface area (Å²) in [4.78, 5) is 40.3. The van der Waals surface area contributed by atoms with Gasteiger partial charge in [-0.1, -0.05) is 301 Å². The van der Waals surface area contributed by atoms with Gasteiger partial charge in [-0.15, -0.1) is 22.7 Å². The molecule has 0 saturated carbocycles. The molecule has 85 heavy (non-hydrogen) atoms. The van der Waals surface area contributed by atoms with Crippen molar-refractivity contribution in [2.75, 3.05) is 22.9 Å². The molecule has 0 fully saturated rings. The van der Waals surface area contributed by atoms with Gasteiger partial charge in [-0.3, -0.25) is 9.59 Å². The highest BCUT2D eigenvalue weighted by molar-refractivity contribution is 7.17. The van der Waals surface area contributed by atoms with Crippen LogP contribution in [0.1, 0.15) is 311 Å². The van der Waals surface area contributed by atoms with Gasteiger partial charge in [0.1, 0.15) is 0 Å². The maximum absolute atomic E-state index is 15.9. The number of fused-ring (bicyclic) bond motifs is 3. The summed E-state index contributed by atoms with van der Waals surface area (Å²) in [5, 5.41) is 4.54. The minimum absolute atomic E-state index is 0.140. The molecule has 2 aromatic heterocycles. The second kappa shape index (κ2) is 39.1. The van der Waals surface area contributed by atoms with Crippen LogP contribution >= 0.6 is 22.7 Å². The Kier molecular flexibility index (Phi) is 31.5. The molecule has 2 unspecified atom stereocenters. The van der Waals surface area contributed by atoms with Gasteiger partial charge < -0.3 is 9.80 Å². The zero-order valence-corrected chi connectivity index (χ0v) is 56.6.